The first kappa shape index (κ1) is 15.2. The summed E-state index contributed by atoms with van der Waals surface area (Å²) >= 11 is 0. The summed E-state index contributed by atoms with van der Waals surface area (Å²) in [4.78, 5) is 18.7. The number of rotatable bonds is 5. The van der Waals surface area contributed by atoms with E-state index in [-0.39, 0.29) is 5.97 Å². The van der Waals surface area contributed by atoms with Crippen LogP contribution in [0.4, 0.5) is 5.82 Å². The van der Waals surface area contributed by atoms with E-state index >= 15 is 0 Å². The van der Waals surface area contributed by atoms with Gasteiger partial charge < -0.3 is 9.64 Å². The maximum atomic E-state index is 11.7. The van der Waals surface area contributed by atoms with Gasteiger partial charge in [0, 0.05) is 25.5 Å². The monoisotopic (exact) mass is 326 g/mol. The SMILES string of the molecule is CCOC(=O)c1cnn(Cc2cnc(N3CC4CC4C3)cc2C)c1. The predicted octanol–water partition coefficient (Wildman–Crippen LogP) is 2.27. The highest BCUT2D eigenvalue weighted by molar-refractivity contribution is 5.88. The van der Waals surface area contributed by atoms with Gasteiger partial charge in [-0.2, -0.15) is 5.10 Å². The molecule has 0 radical (unpaired) electrons. The Morgan fingerprint density at radius 1 is 1.33 bits per heavy atom. The summed E-state index contributed by atoms with van der Waals surface area (Å²) in [5, 5.41) is 4.25. The number of piperidine rings is 1. The Morgan fingerprint density at radius 2 is 2.12 bits per heavy atom. The summed E-state index contributed by atoms with van der Waals surface area (Å²) in [6.07, 6.45) is 6.60. The fourth-order valence-corrected chi connectivity index (χ4v) is 3.44. The van der Waals surface area contributed by atoms with Crippen molar-refractivity contribution in [3.8, 4) is 0 Å². The second-order valence-electron chi connectivity index (χ2n) is 6.78. The minimum atomic E-state index is -0.332. The number of hydrogen-bond donors (Lipinski definition) is 0. The van der Waals surface area contributed by atoms with E-state index < -0.39 is 0 Å². The van der Waals surface area contributed by atoms with Crippen LogP contribution >= 0.6 is 0 Å². The van der Waals surface area contributed by atoms with Crippen LogP contribution in [0.2, 0.25) is 0 Å². The number of esters is 1. The van der Waals surface area contributed by atoms with E-state index in [0.717, 1.165) is 36.3 Å². The van der Waals surface area contributed by atoms with E-state index in [2.05, 4.69) is 28.0 Å². The van der Waals surface area contributed by atoms with Crippen LogP contribution in [0.25, 0.3) is 0 Å². The molecular weight excluding hydrogens is 304 g/mol. The molecule has 0 aromatic carbocycles. The molecule has 4 rings (SSSR count). The lowest BCUT2D eigenvalue weighted by Gasteiger charge is -2.20. The summed E-state index contributed by atoms with van der Waals surface area (Å²) < 4.78 is 6.74. The molecule has 2 atom stereocenters. The smallest absolute Gasteiger partial charge is 0.341 e. The number of aryl methyl sites for hydroxylation is 1. The Hall–Kier alpha value is -2.37. The maximum Gasteiger partial charge on any atom is 0.341 e. The molecule has 1 aliphatic carbocycles. The predicted molar refractivity (Wildman–Crippen MR) is 90.1 cm³/mol. The van der Waals surface area contributed by atoms with E-state index in [0.29, 0.717) is 18.7 Å². The molecule has 3 heterocycles. The highest BCUT2D eigenvalue weighted by Gasteiger charge is 2.45. The molecule has 2 aliphatic rings. The highest BCUT2D eigenvalue weighted by Crippen LogP contribution is 2.45. The van der Waals surface area contributed by atoms with Crippen LogP contribution in [-0.2, 0) is 11.3 Å². The lowest BCUT2D eigenvalue weighted by Crippen LogP contribution is -2.23. The van der Waals surface area contributed by atoms with Crippen molar-refractivity contribution in [1.82, 2.24) is 14.8 Å². The molecule has 6 nitrogen and oxygen atoms in total. The molecule has 0 N–H and O–H groups in total. The maximum absolute atomic E-state index is 11.7. The van der Waals surface area contributed by atoms with Crippen LogP contribution in [0.3, 0.4) is 0 Å². The fourth-order valence-electron chi connectivity index (χ4n) is 3.44. The summed E-state index contributed by atoms with van der Waals surface area (Å²) in [6.45, 7) is 7.17. The zero-order valence-electron chi connectivity index (χ0n) is 14.1. The van der Waals surface area contributed by atoms with E-state index in [1.54, 1.807) is 24.0 Å². The normalized spacial score (nSPS) is 21.7. The summed E-state index contributed by atoms with van der Waals surface area (Å²) in [5.74, 6) is 2.55. The zero-order valence-corrected chi connectivity index (χ0v) is 14.1. The Balaban J connectivity index is 1.45. The molecule has 2 unspecified atom stereocenters. The molecule has 6 heteroatoms. The van der Waals surface area contributed by atoms with E-state index in [1.165, 1.54) is 12.0 Å². The van der Waals surface area contributed by atoms with Gasteiger partial charge in [-0.15, -0.1) is 0 Å². The summed E-state index contributed by atoms with van der Waals surface area (Å²) in [7, 11) is 0. The summed E-state index contributed by atoms with van der Waals surface area (Å²) in [6, 6.07) is 2.16. The largest absolute Gasteiger partial charge is 0.462 e. The number of anilines is 1. The van der Waals surface area contributed by atoms with Crippen LogP contribution in [-0.4, -0.2) is 40.4 Å². The van der Waals surface area contributed by atoms with Gasteiger partial charge in [-0.3, -0.25) is 4.68 Å². The third-order valence-electron chi connectivity index (χ3n) is 4.98. The van der Waals surface area contributed by atoms with Gasteiger partial charge in [-0.25, -0.2) is 9.78 Å². The quantitative estimate of drug-likeness (QED) is 0.789. The number of ether oxygens (including phenoxy) is 1. The number of carbonyl (C=O) groups excluding carboxylic acids is 1. The second kappa shape index (κ2) is 5.92. The Kier molecular flexibility index (Phi) is 3.75. The minimum Gasteiger partial charge on any atom is -0.462 e. The first-order valence-corrected chi connectivity index (χ1v) is 8.54. The van der Waals surface area contributed by atoms with Gasteiger partial charge in [0.1, 0.15) is 5.82 Å². The number of fused-ring (bicyclic) bond motifs is 1. The molecule has 126 valence electrons. The van der Waals surface area contributed by atoms with Crippen LogP contribution < -0.4 is 4.90 Å². The molecule has 2 aromatic rings. The van der Waals surface area contributed by atoms with Crippen molar-refractivity contribution < 1.29 is 9.53 Å². The number of pyridine rings is 1. The first-order valence-electron chi connectivity index (χ1n) is 8.54. The number of nitrogens with zero attached hydrogens (tertiary/aromatic N) is 4. The third kappa shape index (κ3) is 2.88. The standard InChI is InChI=1S/C18H22N4O2/c1-3-24-18(23)16-7-20-22(11-16)10-15-6-19-17(4-12(15)2)21-8-13-5-14(13)9-21/h4,6-7,11,13-14H,3,5,8-10H2,1-2H3. The molecule has 1 saturated carbocycles. The van der Waals surface area contributed by atoms with Crippen molar-refractivity contribution >= 4 is 11.8 Å². The first-order chi connectivity index (χ1) is 11.6. The molecule has 2 aromatic heterocycles. The average Bonchev–Trinajstić information content (AvgIpc) is 2.98. The van der Waals surface area contributed by atoms with Gasteiger partial charge in [0.25, 0.3) is 0 Å². The number of hydrogen-bond acceptors (Lipinski definition) is 5. The van der Waals surface area contributed by atoms with Crippen molar-refractivity contribution in [2.45, 2.75) is 26.8 Å². The van der Waals surface area contributed by atoms with Gasteiger partial charge in [-0.1, -0.05) is 0 Å². The minimum absolute atomic E-state index is 0.332. The zero-order chi connectivity index (χ0) is 16.7. The molecule has 2 fully saturated rings. The van der Waals surface area contributed by atoms with Gasteiger partial charge in [0.15, 0.2) is 0 Å². The average molecular weight is 326 g/mol. The van der Waals surface area contributed by atoms with Crippen LogP contribution in [0.5, 0.6) is 0 Å². The molecule has 0 spiro atoms. The van der Waals surface area contributed by atoms with Crippen LogP contribution in [0.15, 0.2) is 24.7 Å². The van der Waals surface area contributed by atoms with Crippen LogP contribution in [0.1, 0.15) is 34.8 Å². The van der Waals surface area contributed by atoms with Gasteiger partial charge in [0.2, 0.25) is 0 Å². The van der Waals surface area contributed by atoms with Gasteiger partial charge in [0.05, 0.1) is 24.9 Å². The Morgan fingerprint density at radius 3 is 2.83 bits per heavy atom. The summed E-state index contributed by atoms with van der Waals surface area (Å²) in [5.41, 5.74) is 2.80. The molecule has 0 amide bonds. The van der Waals surface area contributed by atoms with Crippen molar-refractivity contribution in [3.05, 3.63) is 41.3 Å². The van der Waals surface area contributed by atoms with Crippen molar-refractivity contribution in [3.63, 3.8) is 0 Å². The number of carbonyl (C=O) groups is 1. The topological polar surface area (TPSA) is 60.2 Å². The number of aromatic nitrogens is 3. The van der Waals surface area contributed by atoms with Gasteiger partial charge in [-0.05, 0) is 49.3 Å². The highest BCUT2D eigenvalue weighted by atomic mass is 16.5. The molecular formula is C18H22N4O2. The van der Waals surface area contributed by atoms with E-state index in [4.69, 9.17) is 4.74 Å². The van der Waals surface area contributed by atoms with Crippen molar-refractivity contribution in [2.24, 2.45) is 11.8 Å². The van der Waals surface area contributed by atoms with E-state index in [1.807, 2.05) is 6.20 Å². The fraction of sp³-hybridized carbons (Fsp3) is 0.500. The third-order valence-corrected chi connectivity index (χ3v) is 4.98. The lowest BCUT2D eigenvalue weighted by atomic mass is 10.1. The molecule has 0 bridgehead atoms. The Bertz CT molecular complexity index is 760. The van der Waals surface area contributed by atoms with Crippen molar-refractivity contribution in [2.75, 3.05) is 24.6 Å². The molecule has 1 saturated heterocycles. The van der Waals surface area contributed by atoms with E-state index in [9.17, 15) is 4.79 Å². The van der Waals surface area contributed by atoms with Crippen LogP contribution in [0, 0.1) is 18.8 Å². The van der Waals surface area contributed by atoms with Crippen molar-refractivity contribution in [1.29, 1.82) is 0 Å². The molecule has 24 heavy (non-hydrogen) atoms. The second-order valence-corrected chi connectivity index (χ2v) is 6.78. The van der Waals surface area contributed by atoms with Gasteiger partial charge >= 0.3 is 5.97 Å². The Labute approximate surface area is 141 Å². The molecule has 1 aliphatic heterocycles. The lowest BCUT2D eigenvalue weighted by molar-refractivity contribution is 0.0526.